The van der Waals surface area contributed by atoms with Crippen molar-refractivity contribution in [3.63, 3.8) is 0 Å². The minimum absolute atomic E-state index is 0.472. The molecule has 0 aliphatic heterocycles. The number of halogens is 1. The van der Waals surface area contributed by atoms with Crippen LogP contribution in [0.2, 0.25) is 5.15 Å². The summed E-state index contributed by atoms with van der Waals surface area (Å²) in [7, 11) is 0. The number of nitrogens with zero attached hydrogens (tertiary/aromatic N) is 1. The van der Waals surface area contributed by atoms with E-state index in [9.17, 15) is 0 Å². The van der Waals surface area contributed by atoms with Gasteiger partial charge in [-0.2, -0.15) is 0 Å². The highest BCUT2D eigenvalue weighted by molar-refractivity contribution is 6.34. The number of hydrogen-bond acceptors (Lipinski definition) is 1. The van der Waals surface area contributed by atoms with Crippen molar-refractivity contribution in [1.82, 2.24) is 4.98 Å². The summed E-state index contributed by atoms with van der Waals surface area (Å²) in [5.74, 6) is 0.472. The molecule has 0 saturated carbocycles. The Morgan fingerprint density at radius 3 is 2.60 bits per heavy atom. The molecule has 0 N–H and O–H groups in total. The predicted molar refractivity (Wildman–Crippen MR) is 65.6 cm³/mol. The lowest BCUT2D eigenvalue weighted by Crippen LogP contribution is -1.92. The van der Waals surface area contributed by atoms with Crippen molar-refractivity contribution < 1.29 is 0 Å². The largest absolute Gasteiger partial charge is 0.244 e. The number of pyridine rings is 1. The van der Waals surface area contributed by atoms with Gasteiger partial charge in [-0.15, -0.1) is 0 Å². The molecule has 0 atom stereocenters. The van der Waals surface area contributed by atoms with E-state index in [4.69, 9.17) is 11.6 Å². The molecule has 0 unspecified atom stereocenters. The Labute approximate surface area is 95.1 Å². The Morgan fingerprint density at radius 1 is 1.20 bits per heavy atom. The quantitative estimate of drug-likeness (QED) is 0.651. The van der Waals surface area contributed by atoms with Gasteiger partial charge in [0.15, 0.2) is 0 Å². The summed E-state index contributed by atoms with van der Waals surface area (Å²) < 4.78 is 0. The molecule has 78 valence electrons. The SMILES string of the molecule is Cc1ccc2c(C(C)C)cnc(Cl)c2c1. The van der Waals surface area contributed by atoms with Gasteiger partial charge in [0.25, 0.3) is 0 Å². The summed E-state index contributed by atoms with van der Waals surface area (Å²) in [6, 6.07) is 6.34. The van der Waals surface area contributed by atoms with Gasteiger partial charge in [-0.3, -0.25) is 0 Å². The maximum atomic E-state index is 6.09. The molecule has 15 heavy (non-hydrogen) atoms. The Hall–Kier alpha value is -1.08. The highest BCUT2D eigenvalue weighted by Crippen LogP contribution is 2.29. The second kappa shape index (κ2) is 3.82. The maximum absolute atomic E-state index is 6.09. The van der Waals surface area contributed by atoms with Crippen LogP contribution in [-0.4, -0.2) is 4.98 Å². The van der Waals surface area contributed by atoms with Crippen LogP contribution in [0.25, 0.3) is 10.8 Å². The molecule has 1 aromatic heterocycles. The number of rotatable bonds is 1. The fourth-order valence-corrected chi connectivity index (χ4v) is 2.01. The first kappa shape index (κ1) is 10.4. The molecule has 1 nitrogen and oxygen atoms in total. The molecule has 2 aromatic rings. The van der Waals surface area contributed by atoms with Gasteiger partial charge in [0.1, 0.15) is 5.15 Å². The zero-order valence-corrected chi connectivity index (χ0v) is 9.97. The van der Waals surface area contributed by atoms with E-state index < -0.39 is 0 Å². The van der Waals surface area contributed by atoms with Crippen molar-refractivity contribution in [2.24, 2.45) is 0 Å². The summed E-state index contributed by atoms with van der Waals surface area (Å²) in [6.07, 6.45) is 1.88. The molecule has 0 aliphatic rings. The molecule has 1 aromatic carbocycles. The molecule has 0 spiro atoms. The van der Waals surface area contributed by atoms with Crippen molar-refractivity contribution >= 4 is 22.4 Å². The summed E-state index contributed by atoms with van der Waals surface area (Å²) >= 11 is 6.09. The van der Waals surface area contributed by atoms with E-state index in [1.54, 1.807) is 0 Å². The Morgan fingerprint density at radius 2 is 1.93 bits per heavy atom. The minimum atomic E-state index is 0.472. The van der Waals surface area contributed by atoms with Crippen LogP contribution in [0.3, 0.4) is 0 Å². The van der Waals surface area contributed by atoms with Gasteiger partial charge in [0, 0.05) is 11.6 Å². The van der Waals surface area contributed by atoms with Crippen molar-refractivity contribution in [3.8, 4) is 0 Å². The maximum Gasteiger partial charge on any atom is 0.136 e. The van der Waals surface area contributed by atoms with Gasteiger partial charge in [-0.25, -0.2) is 4.98 Å². The number of hydrogen-bond donors (Lipinski definition) is 0. The normalized spacial score (nSPS) is 11.3. The van der Waals surface area contributed by atoms with Gasteiger partial charge >= 0.3 is 0 Å². The van der Waals surface area contributed by atoms with E-state index in [2.05, 4.69) is 44.0 Å². The fraction of sp³-hybridized carbons (Fsp3) is 0.308. The molecule has 2 heteroatoms. The average Bonchev–Trinajstić information content (AvgIpc) is 2.19. The van der Waals surface area contributed by atoms with Crippen LogP contribution in [0.15, 0.2) is 24.4 Å². The smallest absolute Gasteiger partial charge is 0.136 e. The molecule has 2 rings (SSSR count). The summed E-state index contributed by atoms with van der Waals surface area (Å²) in [4.78, 5) is 4.24. The van der Waals surface area contributed by atoms with E-state index in [1.165, 1.54) is 16.5 Å². The zero-order chi connectivity index (χ0) is 11.0. The monoisotopic (exact) mass is 219 g/mol. The molecule has 1 heterocycles. The second-order valence-corrected chi connectivity index (χ2v) is 4.57. The van der Waals surface area contributed by atoms with E-state index in [0.717, 1.165) is 5.39 Å². The molecule has 0 bridgehead atoms. The summed E-state index contributed by atoms with van der Waals surface area (Å²) in [5, 5.41) is 2.87. The first-order chi connectivity index (χ1) is 7.09. The van der Waals surface area contributed by atoms with Crippen LogP contribution in [0.1, 0.15) is 30.9 Å². The van der Waals surface area contributed by atoms with Crippen molar-refractivity contribution in [2.75, 3.05) is 0 Å². The van der Waals surface area contributed by atoms with Gasteiger partial charge in [-0.05, 0) is 29.9 Å². The third-order valence-electron chi connectivity index (χ3n) is 2.65. The molecular formula is C13H14ClN. The summed E-state index contributed by atoms with van der Waals surface area (Å²) in [5.41, 5.74) is 2.47. The lowest BCUT2D eigenvalue weighted by atomic mass is 9.98. The van der Waals surface area contributed by atoms with Crippen molar-refractivity contribution in [3.05, 3.63) is 40.7 Å². The van der Waals surface area contributed by atoms with E-state index >= 15 is 0 Å². The second-order valence-electron chi connectivity index (χ2n) is 4.21. The zero-order valence-electron chi connectivity index (χ0n) is 9.21. The molecule has 0 saturated heterocycles. The Bertz CT molecular complexity index is 503. The highest BCUT2D eigenvalue weighted by atomic mass is 35.5. The van der Waals surface area contributed by atoms with Crippen LogP contribution in [0.5, 0.6) is 0 Å². The number of fused-ring (bicyclic) bond motifs is 1. The minimum Gasteiger partial charge on any atom is -0.244 e. The topological polar surface area (TPSA) is 12.9 Å². The third-order valence-corrected chi connectivity index (χ3v) is 2.95. The van der Waals surface area contributed by atoms with Crippen molar-refractivity contribution in [1.29, 1.82) is 0 Å². The lowest BCUT2D eigenvalue weighted by molar-refractivity contribution is 0.869. The number of aryl methyl sites for hydroxylation is 1. The average molecular weight is 220 g/mol. The lowest BCUT2D eigenvalue weighted by Gasteiger charge is -2.10. The molecule has 0 fully saturated rings. The van der Waals surface area contributed by atoms with E-state index in [-0.39, 0.29) is 0 Å². The summed E-state index contributed by atoms with van der Waals surface area (Å²) in [6.45, 7) is 6.41. The predicted octanol–water partition coefficient (Wildman–Crippen LogP) is 4.32. The van der Waals surface area contributed by atoms with Crippen LogP contribution in [0.4, 0.5) is 0 Å². The molecule has 0 radical (unpaired) electrons. The Balaban J connectivity index is 2.82. The first-order valence-corrected chi connectivity index (χ1v) is 5.52. The van der Waals surface area contributed by atoms with Gasteiger partial charge in [-0.1, -0.05) is 43.1 Å². The van der Waals surface area contributed by atoms with Crippen LogP contribution in [0, 0.1) is 6.92 Å². The van der Waals surface area contributed by atoms with Gasteiger partial charge in [0.2, 0.25) is 0 Å². The van der Waals surface area contributed by atoms with E-state index in [1.807, 2.05) is 6.20 Å². The van der Waals surface area contributed by atoms with Gasteiger partial charge in [0.05, 0.1) is 0 Å². The standard InChI is InChI=1S/C13H14ClN/c1-8(2)12-7-15-13(14)11-6-9(3)4-5-10(11)12/h4-8H,1-3H3. The number of aromatic nitrogens is 1. The highest BCUT2D eigenvalue weighted by Gasteiger charge is 2.08. The third kappa shape index (κ3) is 1.84. The van der Waals surface area contributed by atoms with Crippen molar-refractivity contribution in [2.45, 2.75) is 26.7 Å². The molecular weight excluding hydrogens is 206 g/mol. The Kier molecular flexibility index (Phi) is 2.66. The molecule has 0 amide bonds. The van der Waals surface area contributed by atoms with Crippen LogP contribution >= 0.6 is 11.6 Å². The first-order valence-electron chi connectivity index (χ1n) is 5.14. The molecule has 0 aliphatic carbocycles. The van der Waals surface area contributed by atoms with Crippen LogP contribution < -0.4 is 0 Å². The number of benzene rings is 1. The fourth-order valence-electron chi connectivity index (χ4n) is 1.81. The van der Waals surface area contributed by atoms with Gasteiger partial charge < -0.3 is 0 Å². The van der Waals surface area contributed by atoms with E-state index in [0.29, 0.717) is 11.1 Å². The van der Waals surface area contributed by atoms with Crippen LogP contribution in [-0.2, 0) is 0 Å².